The smallest absolute Gasteiger partial charge is 0.257 e. The third kappa shape index (κ3) is 6.85. The molecule has 0 radical (unpaired) electrons. The van der Waals surface area contributed by atoms with Crippen molar-refractivity contribution < 1.29 is 9.53 Å². The molecule has 0 saturated carbocycles. The summed E-state index contributed by atoms with van der Waals surface area (Å²) in [4.78, 5) is 11.8. The van der Waals surface area contributed by atoms with Crippen molar-refractivity contribution in [3.8, 4) is 5.75 Å². The fourth-order valence-corrected chi connectivity index (χ4v) is 2.23. The van der Waals surface area contributed by atoms with Crippen LogP contribution in [0.4, 0.5) is 0 Å². The summed E-state index contributed by atoms with van der Waals surface area (Å²) >= 11 is 5.95. The number of aryl methyl sites for hydroxylation is 1. The topological polar surface area (TPSA) is 38.3 Å². The van der Waals surface area contributed by atoms with Gasteiger partial charge in [0, 0.05) is 11.6 Å². The van der Waals surface area contributed by atoms with Crippen LogP contribution in [0.25, 0.3) is 0 Å². The van der Waals surface area contributed by atoms with E-state index in [2.05, 4.69) is 19.2 Å². The van der Waals surface area contributed by atoms with Crippen LogP contribution in [0.15, 0.2) is 18.2 Å². The minimum absolute atomic E-state index is 0.0469. The van der Waals surface area contributed by atoms with Crippen molar-refractivity contribution in [3.05, 3.63) is 28.8 Å². The van der Waals surface area contributed by atoms with Gasteiger partial charge in [-0.3, -0.25) is 4.79 Å². The van der Waals surface area contributed by atoms with Gasteiger partial charge in [0.15, 0.2) is 6.61 Å². The fraction of sp³-hybridized carbons (Fsp3) is 0.588. The maximum atomic E-state index is 11.8. The molecule has 118 valence electrons. The molecule has 4 heteroatoms. The monoisotopic (exact) mass is 311 g/mol. The van der Waals surface area contributed by atoms with Gasteiger partial charge in [0.25, 0.3) is 5.91 Å². The van der Waals surface area contributed by atoms with Crippen molar-refractivity contribution in [2.24, 2.45) is 5.92 Å². The first-order valence-corrected chi connectivity index (χ1v) is 8.10. The first-order chi connectivity index (χ1) is 10.1. The first-order valence-electron chi connectivity index (χ1n) is 7.72. The molecule has 0 unspecified atom stereocenters. The van der Waals surface area contributed by atoms with Crippen LogP contribution in [0.2, 0.25) is 5.02 Å². The molecule has 1 aromatic rings. The van der Waals surface area contributed by atoms with Crippen molar-refractivity contribution in [3.63, 3.8) is 0 Å². The van der Waals surface area contributed by atoms with Crippen molar-refractivity contribution in [1.82, 2.24) is 5.32 Å². The number of ether oxygens (including phenoxy) is 1. The third-order valence-electron chi connectivity index (χ3n) is 3.63. The highest BCUT2D eigenvalue weighted by atomic mass is 35.5. The molecular formula is C17H26ClNO2. The van der Waals surface area contributed by atoms with E-state index >= 15 is 0 Å². The number of unbranched alkanes of at least 4 members (excludes halogenated alkanes) is 1. The summed E-state index contributed by atoms with van der Waals surface area (Å²) in [7, 11) is 0. The van der Waals surface area contributed by atoms with E-state index in [9.17, 15) is 4.79 Å². The number of carbonyl (C=O) groups excluding carboxylic acids is 1. The van der Waals surface area contributed by atoms with Crippen molar-refractivity contribution in [2.45, 2.75) is 46.5 Å². The van der Waals surface area contributed by atoms with Gasteiger partial charge >= 0.3 is 0 Å². The van der Waals surface area contributed by atoms with E-state index in [1.807, 2.05) is 13.0 Å². The van der Waals surface area contributed by atoms with E-state index in [1.165, 1.54) is 19.3 Å². The Kier molecular flexibility index (Phi) is 8.21. The lowest BCUT2D eigenvalue weighted by atomic mass is 9.99. The average Bonchev–Trinajstić information content (AvgIpc) is 2.48. The summed E-state index contributed by atoms with van der Waals surface area (Å²) in [6.07, 6.45) is 4.68. The number of amides is 1. The summed E-state index contributed by atoms with van der Waals surface area (Å²) < 4.78 is 5.48. The normalized spacial score (nSPS) is 12.0. The Morgan fingerprint density at radius 3 is 2.76 bits per heavy atom. The van der Waals surface area contributed by atoms with Crippen LogP contribution >= 0.6 is 11.6 Å². The van der Waals surface area contributed by atoms with E-state index in [0.717, 1.165) is 18.5 Å². The van der Waals surface area contributed by atoms with Gasteiger partial charge in [0.05, 0.1) is 0 Å². The number of halogens is 1. The van der Waals surface area contributed by atoms with Crippen LogP contribution in [0.5, 0.6) is 5.75 Å². The Balaban J connectivity index is 2.31. The minimum atomic E-state index is -0.0717. The lowest BCUT2D eigenvalue weighted by molar-refractivity contribution is -0.123. The molecule has 1 rings (SSSR count). The van der Waals surface area contributed by atoms with Gasteiger partial charge in [-0.25, -0.2) is 0 Å². The Labute approximate surface area is 133 Å². The average molecular weight is 312 g/mol. The number of carbonyl (C=O) groups is 1. The quantitative estimate of drug-likeness (QED) is 0.736. The molecule has 1 atom stereocenters. The molecule has 0 spiro atoms. The molecular weight excluding hydrogens is 286 g/mol. The third-order valence-corrected chi connectivity index (χ3v) is 4.05. The Morgan fingerprint density at radius 1 is 1.38 bits per heavy atom. The highest BCUT2D eigenvalue weighted by Crippen LogP contribution is 2.20. The standard InChI is InChI=1S/C17H26ClNO2/c1-4-6-7-14(5-2)11-19-17(20)12-21-15-8-9-16(18)13(3)10-15/h8-10,14H,4-7,11-12H2,1-3H3,(H,19,20)/t14-/m0/s1. The maximum Gasteiger partial charge on any atom is 0.257 e. The number of benzene rings is 1. The molecule has 0 aliphatic heterocycles. The van der Waals surface area contributed by atoms with E-state index < -0.39 is 0 Å². The van der Waals surface area contributed by atoms with Crippen molar-refractivity contribution >= 4 is 17.5 Å². The molecule has 1 aromatic carbocycles. The fourth-order valence-electron chi connectivity index (χ4n) is 2.11. The van der Waals surface area contributed by atoms with Crippen LogP contribution in [-0.2, 0) is 4.79 Å². The predicted octanol–water partition coefficient (Wildman–Crippen LogP) is 4.36. The molecule has 1 amide bonds. The highest BCUT2D eigenvalue weighted by Gasteiger charge is 2.09. The Hall–Kier alpha value is -1.22. The van der Waals surface area contributed by atoms with E-state index in [4.69, 9.17) is 16.3 Å². The number of rotatable bonds is 9. The van der Waals surface area contributed by atoms with Gasteiger partial charge in [-0.15, -0.1) is 0 Å². The highest BCUT2D eigenvalue weighted by molar-refractivity contribution is 6.31. The van der Waals surface area contributed by atoms with E-state index in [-0.39, 0.29) is 12.5 Å². The molecule has 0 aromatic heterocycles. The summed E-state index contributed by atoms with van der Waals surface area (Å²) in [6.45, 7) is 7.05. The van der Waals surface area contributed by atoms with Gasteiger partial charge in [-0.05, 0) is 43.0 Å². The molecule has 0 aliphatic carbocycles. The zero-order valence-electron chi connectivity index (χ0n) is 13.2. The summed E-state index contributed by atoms with van der Waals surface area (Å²) in [5, 5.41) is 3.65. The second kappa shape index (κ2) is 9.67. The second-order valence-electron chi connectivity index (χ2n) is 5.42. The van der Waals surface area contributed by atoms with Gasteiger partial charge < -0.3 is 10.1 Å². The first kappa shape index (κ1) is 17.8. The van der Waals surface area contributed by atoms with Crippen LogP contribution in [0.1, 0.15) is 45.1 Å². The van der Waals surface area contributed by atoms with Crippen LogP contribution in [0, 0.1) is 12.8 Å². The minimum Gasteiger partial charge on any atom is -0.484 e. The molecule has 21 heavy (non-hydrogen) atoms. The second-order valence-corrected chi connectivity index (χ2v) is 5.83. The Morgan fingerprint density at radius 2 is 2.14 bits per heavy atom. The van der Waals surface area contributed by atoms with Crippen LogP contribution in [-0.4, -0.2) is 19.1 Å². The largest absolute Gasteiger partial charge is 0.484 e. The molecule has 3 nitrogen and oxygen atoms in total. The van der Waals surface area contributed by atoms with Crippen molar-refractivity contribution in [1.29, 1.82) is 0 Å². The molecule has 0 bridgehead atoms. The summed E-state index contributed by atoms with van der Waals surface area (Å²) in [5.74, 6) is 1.16. The van der Waals surface area contributed by atoms with Gasteiger partial charge in [0.1, 0.15) is 5.75 Å². The van der Waals surface area contributed by atoms with Crippen LogP contribution < -0.4 is 10.1 Å². The van der Waals surface area contributed by atoms with E-state index in [1.54, 1.807) is 12.1 Å². The van der Waals surface area contributed by atoms with Crippen LogP contribution in [0.3, 0.4) is 0 Å². The zero-order valence-corrected chi connectivity index (χ0v) is 14.0. The molecule has 0 saturated heterocycles. The van der Waals surface area contributed by atoms with Gasteiger partial charge in [-0.2, -0.15) is 0 Å². The number of hydrogen-bond donors (Lipinski definition) is 1. The summed E-state index contributed by atoms with van der Waals surface area (Å²) in [6, 6.07) is 5.40. The predicted molar refractivity (Wildman–Crippen MR) is 88.0 cm³/mol. The van der Waals surface area contributed by atoms with Gasteiger partial charge in [0.2, 0.25) is 0 Å². The lowest BCUT2D eigenvalue weighted by Gasteiger charge is -2.15. The van der Waals surface area contributed by atoms with Gasteiger partial charge in [-0.1, -0.05) is 44.7 Å². The Bertz CT molecular complexity index is 448. The number of nitrogens with one attached hydrogen (secondary N) is 1. The number of hydrogen-bond acceptors (Lipinski definition) is 2. The zero-order chi connectivity index (χ0) is 15.7. The van der Waals surface area contributed by atoms with Crippen molar-refractivity contribution in [2.75, 3.05) is 13.2 Å². The molecule has 0 heterocycles. The maximum absolute atomic E-state index is 11.8. The molecule has 0 fully saturated rings. The molecule has 0 aliphatic rings. The summed E-state index contributed by atoms with van der Waals surface area (Å²) in [5.41, 5.74) is 0.945. The lowest BCUT2D eigenvalue weighted by Crippen LogP contribution is -2.33. The SMILES string of the molecule is CCCC[C@H](CC)CNC(=O)COc1ccc(Cl)c(C)c1. The molecule has 1 N–H and O–H groups in total. The van der Waals surface area contributed by atoms with E-state index in [0.29, 0.717) is 16.7 Å².